The van der Waals surface area contributed by atoms with Crippen molar-refractivity contribution >= 4 is 18.1 Å². The number of benzene rings is 2. The molecule has 0 amide bonds. The lowest BCUT2D eigenvalue weighted by atomic mass is 10.0. The molecular weight excluding hydrogens is 248 g/mol. The fraction of sp³-hybridized carbons (Fsp3) is 0.143. The molecule has 0 unspecified atom stereocenters. The molecule has 0 radical (unpaired) electrons. The highest BCUT2D eigenvalue weighted by Gasteiger charge is 2.14. The minimum atomic E-state index is -2.43. The van der Waals surface area contributed by atoms with Gasteiger partial charge in [0.25, 0.3) is 0 Å². The summed E-state index contributed by atoms with van der Waals surface area (Å²) in [6.45, 7) is 3.25. The predicted molar refractivity (Wildman–Crippen MR) is 75.3 cm³/mol. The topological polar surface area (TPSA) is 43.1 Å². The van der Waals surface area contributed by atoms with Gasteiger partial charge in [0.1, 0.15) is 13.0 Å². The zero-order valence-corrected chi connectivity index (χ0v) is 11.2. The van der Waals surface area contributed by atoms with Crippen LogP contribution in [0.5, 0.6) is 0 Å². The maximum absolute atomic E-state index is 14.0. The number of halogens is 1. The van der Waals surface area contributed by atoms with E-state index in [1.165, 1.54) is 6.07 Å². The second-order valence-electron chi connectivity index (χ2n) is 4.64. The van der Waals surface area contributed by atoms with Crippen LogP contribution in [-0.4, -0.2) is 13.3 Å². The summed E-state index contributed by atoms with van der Waals surface area (Å²) >= 11 is 0. The maximum Gasteiger partial charge on any atom is 0.131 e. The van der Waals surface area contributed by atoms with E-state index < -0.39 is 7.14 Å². The standard InChI is InChI=1S/C14H15FNOP/c1-18(2,17)12-6-7-13(14(15)9-12)10-4-3-5-11(16)8-10/h3-9H,16H2,1-2H3. The van der Waals surface area contributed by atoms with E-state index in [0.29, 0.717) is 16.6 Å². The smallest absolute Gasteiger partial charge is 0.131 e. The van der Waals surface area contributed by atoms with Gasteiger partial charge in [-0.25, -0.2) is 4.39 Å². The van der Waals surface area contributed by atoms with Crippen LogP contribution in [-0.2, 0) is 4.57 Å². The van der Waals surface area contributed by atoms with Crippen molar-refractivity contribution in [2.45, 2.75) is 0 Å². The van der Waals surface area contributed by atoms with Gasteiger partial charge in [-0.05, 0) is 37.1 Å². The van der Waals surface area contributed by atoms with Crippen molar-refractivity contribution in [3.05, 3.63) is 48.3 Å². The largest absolute Gasteiger partial charge is 0.399 e. The lowest BCUT2D eigenvalue weighted by Gasteiger charge is -2.10. The third kappa shape index (κ3) is 2.62. The van der Waals surface area contributed by atoms with Gasteiger partial charge in [-0.2, -0.15) is 0 Å². The number of rotatable bonds is 2. The Balaban J connectivity index is 2.52. The third-order valence-corrected chi connectivity index (χ3v) is 4.29. The Kier molecular flexibility index (Phi) is 3.27. The molecule has 2 N–H and O–H groups in total. The average Bonchev–Trinajstić information content (AvgIpc) is 2.27. The zero-order valence-electron chi connectivity index (χ0n) is 10.4. The summed E-state index contributed by atoms with van der Waals surface area (Å²) in [4.78, 5) is 0. The molecule has 0 spiro atoms. The first-order chi connectivity index (χ1) is 8.38. The highest BCUT2D eigenvalue weighted by atomic mass is 31.2. The van der Waals surface area contributed by atoms with E-state index in [-0.39, 0.29) is 5.82 Å². The Bertz CT molecular complexity index is 633. The molecule has 2 rings (SSSR count). The molecule has 18 heavy (non-hydrogen) atoms. The van der Waals surface area contributed by atoms with Crippen LogP contribution in [0.1, 0.15) is 0 Å². The summed E-state index contributed by atoms with van der Waals surface area (Å²) in [5.41, 5.74) is 7.46. The molecule has 0 aromatic heterocycles. The fourth-order valence-corrected chi connectivity index (χ4v) is 2.64. The monoisotopic (exact) mass is 263 g/mol. The summed E-state index contributed by atoms with van der Waals surface area (Å²) in [6.07, 6.45) is 0. The SMILES string of the molecule is CP(C)(=O)c1ccc(-c2cccc(N)c2)c(F)c1. The second kappa shape index (κ2) is 4.58. The average molecular weight is 263 g/mol. The fourth-order valence-electron chi connectivity index (χ4n) is 1.78. The quantitative estimate of drug-likeness (QED) is 0.667. The Morgan fingerprint density at radius 1 is 1.11 bits per heavy atom. The normalized spacial score (nSPS) is 11.5. The van der Waals surface area contributed by atoms with Crippen LogP contribution in [0.3, 0.4) is 0 Å². The molecule has 0 bridgehead atoms. The van der Waals surface area contributed by atoms with E-state index in [9.17, 15) is 8.96 Å². The van der Waals surface area contributed by atoms with E-state index in [1.54, 1.807) is 49.7 Å². The zero-order chi connectivity index (χ0) is 13.3. The molecule has 0 aliphatic heterocycles. The van der Waals surface area contributed by atoms with Gasteiger partial charge in [0.15, 0.2) is 0 Å². The van der Waals surface area contributed by atoms with Crippen molar-refractivity contribution < 1.29 is 8.96 Å². The van der Waals surface area contributed by atoms with Crippen molar-refractivity contribution in [1.29, 1.82) is 0 Å². The van der Waals surface area contributed by atoms with Gasteiger partial charge in [0, 0.05) is 16.6 Å². The van der Waals surface area contributed by atoms with E-state index in [4.69, 9.17) is 5.73 Å². The van der Waals surface area contributed by atoms with E-state index in [1.807, 2.05) is 0 Å². The number of hydrogen-bond donors (Lipinski definition) is 1. The van der Waals surface area contributed by atoms with Gasteiger partial charge in [-0.1, -0.05) is 24.3 Å². The first-order valence-corrected chi connectivity index (χ1v) is 8.19. The molecule has 2 aromatic rings. The maximum atomic E-state index is 14.0. The summed E-state index contributed by atoms with van der Waals surface area (Å²) < 4.78 is 25.9. The Hall–Kier alpha value is -1.60. The molecule has 0 saturated heterocycles. The molecule has 2 nitrogen and oxygen atoms in total. The molecule has 94 valence electrons. The molecule has 0 saturated carbocycles. The Labute approximate surface area is 106 Å². The van der Waals surface area contributed by atoms with Gasteiger partial charge in [0.05, 0.1) is 0 Å². The summed E-state index contributed by atoms with van der Waals surface area (Å²) in [7, 11) is -2.43. The van der Waals surface area contributed by atoms with Crippen molar-refractivity contribution in [3.8, 4) is 11.1 Å². The first kappa shape index (κ1) is 12.8. The molecular formula is C14H15FNOP. The molecule has 4 heteroatoms. The highest BCUT2D eigenvalue weighted by molar-refractivity contribution is 7.70. The van der Waals surface area contributed by atoms with Crippen LogP contribution in [0, 0.1) is 5.82 Å². The first-order valence-electron chi connectivity index (χ1n) is 5.59. The van der Waals surface area contributed by atoms with Gasteiger partial charge < -0.3 is 10.3 Å². The minimum Gasteiger partial charge on any atom is -0.399 e. The second-order valence-corrected chi connectivity index (χ2v) is 7.86. The number of anilines is 1. The Morgan fingerprint density at radius 2 is 1.83 bits per heavy atom. The van der Waals surface area contributed by atoms with Crippen molar-refractivity contribution in [2.24, 2.45) is 0 Å². The molecule has 0 aliphatic carbocycles. The van der Waals surface area contributed by atoms with Gasteiger partial charge >= 0.3 is 0 Å². The molecule has 0 atom stereocenters. The van der Waals surface area contributed by atoms with Crippen molar-refractivity contribution in [2.75, 3.05) is 19.1 Å². The summed E-state index contributed by atoms with van der Waals surface area (Å²) in [5, 5.41) is 0.549. The summed E-state index contributed by atoms with van der Waals surface area (Å²) in [5.74, 6) is -0.373. The molecule has 0 fully saturated rings. The lowest BCUT2D eigenvalue weighted by Crippen LogP contribution is -2.04. The number of hydrogen-bond acceptors (Lipinski definition) is 2. The van der Waals surface area contributed by atoms with Crippen LogP contribution in [0.15, 0.2) is 42.5 Å². The van der Waals surface area contributed by atoms with Gasteiger partial charge in [-0.3, -0.25) is 0 Å². The van der Waals surface area contributed by atoms with Crippen LogP contribution in [0.2, 0.25) is 0 Å². The van der Waals surface area contributed by atoms with E-state index >= 15 is 0 Å². The Morgan fingerprint density at radius 3 is 2.39 bits per heavy atom. The van der Waals surface area contributed by atoms with Crippen LogP contribution in [0.25, 0.3) is 11.1 Å². The van der Waals surface area contributed by atoms with Gasteiger partial charge in [0.2, 0.25) is 0 Å². The van der Waals surface area contributed by atoms with Crippen LogP contribution >= 0.6 is 7.14 Å². The minimum absolute atomic E-state index is 0.373. The van der Waals surface area contributed by atoms with E-state index in [2.05, 4.69) is 0 Å². The third-order valence-electron chi connectivity index (χ3n) is 2.77. The molecule has 0 heterocycles. The summed E-state index contributed by atoms with van der Waals surface area (Å²) in [6, 6.07) is 11.8. The van der Waals surface area contributed by atoms with Crippen molar-refractivity contribution in [3.63, 3.8) is 0 Å². The predicted octanol–water partition coefficient (Wildman–Crippen LogP) is 3.32. The number of nitrogens with two attached hydrogens (primary N) is 1. The number of nitrogen functional groups attached to an aromatic ring is 1. The van der Waals surface area contributed by atoms with Crippen LogP contribution < -0.4 is 11.0 Å². The molecule has 0 aliphatic rings. The van der Waals surface area contributed by atoms with Crippen LogP contribution in [0.4, 0.5) is 10.1 Å². The molecule has 2 aromatic carbocycles. The highest BCUT2D eigenvalue weighted by Crippen LogP contribution is 2.36. The van der Waals surface area contributed by atoms with E-state index in [0.717, 1.165) is 5.56 Å². The van der Waals surface area contributed by atoms with Gasteiger partial charge in [-0.15, -0.1) is 0 Å². The lowest BCUT2D eigenvalue weighted by molar-refractivity contribution is 0.587. The van der Waals surface area contributed by atoms with Crippen molar-refractivity contribution in [1.82, 2.24) is 0 Å².